The Morgan fingerprint density at radius 1 is 1.11 bits per heavy atom. The normalized spacial score (nSPS) is 13.2. The van der Waals surface area contributed by atoms with Crippen LogP contribution in [0.3, 0.4) is 0 Å². The van der Waals surface area contributed by atoms with Gasteiger partial charge in [0.25, 0.3) is 11.1 Å². The molecule has 1 aliphatic rings. The Balaban J connectivity index is 1.94. The van der Waals surface area contributed by atoms with Crippen LogP contribution in [0.15, 0.2) is 50.8 Å². The van der Waals surface area contributed by atoms with Gasteiger partial charge >= 0.3 is 11.4 Å². The Morgan fingerprint density at radius 3 is 2.43 bits per heavy atom. The van der Waals surface area contributed by atoms with E-state index in [1.807, 2.05) is 22.6 Å². The number of ether oxygens (including phenoxy) is 1. The quantitative estimate of drug-likeness (QED) is 0.188. The van der Waals surface area contributed by atoms with Crippen molar-refractivity contribution in [3.05, 3.63) is 98.5 Å². The fraction of sp³-hybridized carbons (Fsp3) is 0.208. The maximum absolute atomic E-state index is 15.1. The van der Waals surface area contributed by atoms with Gasteiger partial charge in [0.1, 0.15) is 16.9 Å². The number of nitro benzene ring substituents is 1. The molecule has 5 rings (SSSR count). The summed E-state index contributed by atoms with van der Waals surface area (Å²) in [5.74, 6) is -3.05. The lowest BCUT2D eigenvalue weighted by molar-refractivity contribution is -0.387. The molecule has 4 aromatic rings. The second-order valence-corrected chi connectivity index (χ2v) is 9.83. The van der Waals surface area contributed by atoms with Crippen molar-refractivity contribution in [2.45, 2.75) is 25.8 Å². The molecule has 0 radical (unpaired) electrons. The molecule has 0 saturated heterocycles. The fourth-order valence-electron chi connectivity index (χ4n) is 4.25. The number of aryl methyl sites for hydroxylation is 1. The van der Waals surface area contributed by atoms with Crippen molar-refractivity contribution in [1.82, 2.24) is 13.7 Å². The number of hydrogen-bond acceptors (Lipinski definition) is 6. The summed E-state index contributed by atoms with van der Waals surface area (Å²) in [6.07, 6.45) is 1.08. The lowest BCUT2D eigenvalue weighted by atomic mass is 10.2. The molecule has 0 aliphatic heterocycles. The monoisotopic (exact) mass is 622 g/mol. The molecule has 37 heavy (non-hydrogen) atoms. The molecule has 0 spiro atoms. The van der Waals surface area contributed by atoms with E-state index in [4.69, 9.17) is 4.74 Å². The summed E-state index contributed by atoms with van der Waals surface area (Å²) in [5.41, 5.74) is -3.77. The van der Waals surface area contributed by atoms with E-state index in [1.165, 1.54) is 32.2 Å². The van der Waals surface area contributed by atoms with Crippen LogP contribution in [0.25, 0.3) is 16.7 Å². The van der Waals surface area contributed by atoms with Crippen LogP contribution >= 0.6 is 22.6 Å². The number of fused-ring (bicyclic) bond motifs is 1. The molecule has 2 aromatic heterocycles. The van der Waals surface area contributed by atoms with Gasteiger partial charge in [-0.3, -0.25) is 28.8 Å². The maximum Gasteiger partial charge on any atom is 0.337 e. The van der Waals surface area contributed by atoms with E-state index in [1.54, 1.807) is 6.07 Å². The van der Waals surface area contributed by atoms with Gasteiger partial charge < -0.3 is 4.74 Å². The number of nitro groups is 1. The summed E-state index contributed by atoms with van der Waals surface area (Å²) in [7, 11) is 1.32. The molecular formula is C24H17F2IN4O6. The molecule has 10 nitrogen and oxygen atoms in total. The standard InChI is InChI=1S/C24H17F2IN4O6/c1-11-20(37-17-5-3-4-16(19(17)26)31(35)36)18-21(28(2)22(11)32)30(15-9-6-12(27)10-14(15)25)24(34)29(23(18)33)13-7-8-13/h3-6,9-10,13H,7-8H2,1-2H3. The van der Waals surface area contributed by atoms with Crippen molar-refractivity contribution in [3.8, 4) is 17.2 Å². The van der Waals surface area contributed by atoms with Crippen molar-refractivity contribution >= 4 is 39.3 Å². The predicted molar refractivity (Wildman–Crippen MR) is 138 cm³/mol. The van der Waals surface area contributed by atoms with Gasteiger partial charge in [0.05, 0.1) is 16.2 Å². The highest BCUT2D eigenvalue weighted by atomic mass is 127. The molecule has 0 atom stereocenters. The van der Waals surface area contributed by atoms with Crippen LogP contribution in [0, 0.1) is 32.2 Å². The Morgan fingerprint density at radius 2 is 1.81 bits per heavy atom. The minimum atomic E-state index is -1.31. The third kappa shape index (κ3) is 3.93. The van der Waals surface area contributed by atoms with Crippen LogP contribution in [0.5, 0.6) is 11.5 Å². The van der Waals surface area contributed by atoms with Crippen LogP contribution in [-0.2, 0) is 7.05 Å². The van der Waals surface area contributed by atoms with Gasteiger partial charge in [-0.2, -0.15) is 4.39 Å². The van der Waals surface area contributed by atoms with E-state index >= 15 is 4.39 Å². The molecular weight excluding hydrogens is 605 g/mol. The van der Waals surface area contributed by atoms with Crippen LogP contribution < -0.4 is 21.5 Å². The van der Waals surface area contributed by atoms with Gasteiger partial charge in [-0.1, -0.05) is 6.07 Å². The van der Waals surface area contributed by atoms with Crippen LogP contribution in [-0.4, -0.2) is 18.6 Å². The first-order chi connectivity index (χ1) is 17.5. The highest BCUT2D eigenvalue weighted by Gasteiger charge is 2.33. The fourth-order valence-corrected chi connectivity index (χ4v) is 4.71. The number of rotatable bonds is 5. The summed E-state index contributed by atoms with van der Waals surface area (Å²) in [6, 6.07) is 6.91. The molecule has 1 aliphatic carbocycles. The Hall–Kier alpha value is -3.88. The second kappa shape index (κ2) is 8.90. The second-order valence-electron chi connectivity index (χ2n) is 8.59. The molecule has 1 fully saturated rings. The Bertz CT molecular complexity index is 1820. The van der Waals surface area contributed by atoms with Crippen molar-refractivity contribution in [3.63, 3.8) is 0 Å². The summed E-state index contributed by atoms with van der Waals surface area (Å²) >= 11 is 1.90. The van der Waals surface area contributed by atoms with Crippen molar-refractivity contribution < 1.29 is 18.4 Å². The van der Waals surface area contributed by atoms with Crippen molar-refractivity contribution in [1.29, 1.82) is 0 Å². The molecule has 190 valence electrons. The summed E-state index contributed by atoms with van der Waals surface area (Å²) < 4.78 is 39.2. The van der Waals surface area contributed by atoms with E-state index < -0.39 is 50.8 Å². The lowest BCUT2D eigenvalue weighted by Crippen LogP contribution is -2.42. The highest BCUT2D eigenvalue weighted by Crippen LogP contribution is 2.36. The van der Waals surface area contributed by atoms with Crippen LogP contribution in [0.2, 0.25) is 0 Å². The lowest BCUT2D eigenvalue weighted by Gasteiger charge is -2.20. The summed E-state index contributed by atoms with van der Waals surface area (Å²) in [4.78, 5) is 50.7. The zero-order valence-electron chi connectivity index (χ0n) is 19.3. The molecule has 0 amide bonds. The smallest absolute Gasteiger partial charge is 0.337 e. The maximum atomic E-state index is 15.1. The third-order valence-corrected chi connectivity index (χ3v) is 6.86. The number of aromatic nitrogens is 3. The molecule has 0 N–H and O–H groups in total. The predicted octanol–water partition coefficient (Wildman–Crippen LogP) is 4.08. The Labute approximate surface area is 219 Å². The van der Waals surface area contributed by atoms with E-state index in [0.29, 0.717) is 16.4 Å². The van der Waals surface area contributed by atoms with E-state index in [0.717, 1.165) is 25.8 Å². The number of halogens is 3. The minimum absolute atomic E-state index is 0.103. The van der Waals surface area contributed by atoms with E-state index in [-0.39, 0.29) is 28.0 Å². The van der Waals surface area contributed by atoms with E-state index in [9.17, 15) is 28.9 Å². The average Bonchev–Trinajstić information content (AvgIpc) is 3.67. The summed E-state index contributed by atoms with van der Waals surface area (Å²) in [6.45, 7) is 1.34. The number of nitrogens with zero attached hydrogens (tertiary/aromatic N) is 4. The number of benzene rings is 2. The van der Waals surface area contributed by atoms with Crippen molar-refractivity contribution in [2.75, 3.05) is 0 Å². The minimum Gasteiger partial charge on any atom is -0.453 e. The molecule has 1 saturated carbocycles. The average molecular weight is 622 g/mol. The topological polar surface area (TPSA) is 118 Å². The van der Waals surface area contributed by atoms with Gasteiger partial charge in [-0.25, -0.2) is 13.8 Å². The number of hydrogen-bond donors (Lipinski definition) is 0. The van der Waals surface area contributed by atoms with Gasteiger partial charge in [0, 0.05) is 22.7 Å². The van der Waals surface area contributed by atoms with Gasteiger partial charge in [-0.15, -0.1) is 0 Å². The van der Waals surface area contributed by atoms with Gasteiger partial charge in [0.2, 0.25) is 5.82 Å². The van der Waals surface area contributed by atoms with Crippen molar-refractivity contribution in [2.24, 2.45) is 7.05 Å². The van der Waals surface area contributed by atoms with Crippen LogP contribution in [0.1, 0.15) is 24.4 Å². The van der Waals surface area contributed by atoms with Gasteiger partial charge in [0.15, 0.2) is 11.5 Å². The molecule has 2 heterocycles. The third-order valence-electron chi connectivity index (χ3n) is 6.19. The van der Waals surface area contributed by atoms with E-state index in [2.05, 4.69) is 0 Å². The Kier molecular flexibility index (Phi) is 5.96. The molecule has 13 heteroatoms. The van der Waals surface area contributed by atoms with Gasteiger partial charge in [-0.05, 0) is 66.6 Å². The largest absolute Gasteiger partial charge is 0.453 e. The zero-order chi connectivity index (χ0) is 26.8. The first-order valence-electron chi connectivity index (χ1n) is 11.0. The van der Waals surface area contributed by atoms with Crippen LogP contribution in [0.4, 0.5) is 14.5 Å². The molecule has 2 aromatic carbocycles. The highest BCUT2D eigenvalue weighted by molar-refractivity contribution is 14.1. The summed E-state index contributed by atoms with van der Waals surface area (Å²) in [5, 5.41) is 10.9. The number of pyridine rings is 1. The first-order valence-corrected chi connectivity index (χ1v) is 12.1. The zero-order valence-corrected chi connectivity index (χ0v) is 21.5. The molecule has 0 bridgehead atoms. The molecule has 0 unspecified atom stereocenters. The SMILES string of the molecule is Cc1c(Oc2cccc([N+](=O)[O-])c2F)c2c(=O)n(C3CC3)c(=O)n(-c3ccc(I)cc3F)c2n(C)c1=O. The first kappa shape index (κ1) is 24.8.